The van der Waals surface area contributed by atoms with E-state index in [-0.39, 0.29) is 24.2 Å². The maximum absolute atomic E-state index is 6.57. The summed E-state index contributed by atoms with van der Waals surface area (Å²) in [6.07, 6.45) is 1.32. The number of nitrogens with two attached hydrogens (primary N) is 1. The SMILES string of the molecule is CC1OC(C)C(C(N)c2cc(Cl)cc3c2OCC3)C1C. The minimum atomic E-state index is -0.101. The summed E-state index contributed by atoms with van der Waals surface area (Å²) in [7, 11) is 0. The van der Waals surface area contributed by atoms with Gasteiger partial charge < -0.3 is 15.2 Å². The number of rotatable bonds is 2. The van der Waals surface area contributed by atoms with Crippen LogP contribution in [0.15, 0.2) is 12.1 Å². The Balaban J connectivity index is 1.97. The van der Waals surface area contributed by atoms with Gasteiger partial charge in [0.2, 0.25) is 0 Å². The highest BCUT2D eigenvalue weighted by Gasteiger charge is 2.42. The van der Waals surface area contributed by atoms with Crippen molar-refractivity contribution in [2.75, 3.05) is 6.61 Å². The molecule has 2 aliphatic rings. The lowest BCUT2D eigenvalue weighted by Crippen LogP contribution is -2.31. The number of benzene rings is 1. The summed E-state index contributed by atoms with van der Waals surface area (Å²) in [6, 6.07) is 3.84. The lowest BCUT2D eigenvalue weighted by atomic mass is 9.80. The van der Waals surface area contributed by atoms with Gasteiger partial charge in [0.05, 0.1) is 18.8 Å². The van der Waals surface area contributed by atoms with E-state index in [4.69, 9.17) is 26.8 Å². The van der Waals surface area contributed by atoms with Crippen molar-refractivity contribution >= 4 is 11.6 Å². The average molecular weight is 296 g/mol. The Bertz CT molecular complexity index is 519. The van der Waals surface area contributed by atoms with Gasteiger partial charge in [0.15, 0.2) is 0 Å². The van der Waals surface area contributed by atoms with Gasteiger partial charge in [0.1, 0.15) is 5.75 Å². The van der Waals surface area contributed by atoms with Gasteiger partial charge in [-0.1, -0.05) is 18.5 Å². The number of ether oxygens (including phenoxy) is 2. The third kappa shape index (κ3) is 2.22. The third-order valence-corrected chi connectivity index (χ3v) is 5.09. The van der Waals surface area contributed by atoms with Gasteiger partial charge in [-0.15, -0.1) is 0 Å². The van der Waals surface area contributed by atoms with Crippen LogP contribution in [0.2, 0.25) is 5.02 Å². The van der Waals surface area contributed by atoms with E-state index < -0.39 is 0 Å². The molecular formula is C16H22ClNO2. The van der Waals surface area contributed by atoms with Crippen LogP contribution in [0.25, 0.3) is 0 Å². The predicted octanol–water partition coefficient (Wildman–Crippen LogP) is 3.33. The van der Waals surface area contributed by atoms with E-state index in [1.165, 1.54) is 5.56 Å². The predicted molar refractivity (Wildman–Crippen MR) is 80.2 cm³/mol. The molecule has 1 fully saturated rings. The standard InChI is InChI=1S/C16H22ClNO2/c1-8-9(2)20-10(3)14(8)15(18)13-7-12(17)6-11-4-5-19-16(11)13/h6-10,14-15H,4-5,18H2,1-3H3. The first-order valence-electron chi connectivity index (χ1n) is 7.35. The molecule has 3 rings (SSSR count). The zero-order valence-electron chi connectivity index (χ0n) is 12.2. The second kappa shape index (κ2) is 5.21. The molecule has 0 bridgehead atoms. The van der Waals surface area contributed by atoms with E-state index >= 15 is 0 Å². The van der Waals surface area contributed by atoms with Crippen molar-refractivity contribution in [3.63, 3.8) is 0 Å². The van der Waals surface area contributed by atoms with Crippen molar-refractivity contribution < 1.29 is 9.47 Å². The molecule has 1 aromatic rings. The summed E-state index contributed by atoms with van der Waals surface area (Å²) in [6.45, 7) is 7.16. The maximum Gasteiger partial charge on any atom is 0.127 e. The molecule has 1 saturated heterocycles. The molecule has 0 spiro atoms. The molecule has 5 unspecified atom stereocenters. The summed E-state index contributed by atoms with van der Waals surface area (Å²) >= 11 is 6.24. The van der Waals surface area contributed by atoms with Crippen molar-refractivity contribution in [1.29, 1.82) is 0 Å². The molecule has 4 heteroatoms. The van der Waals surface area contributed by atoms with Gasteiger partial charge in [-0.25, -0.2) is 0 Å². The van der Waals surface area contributed by atoms with Gasteiger partial charge in [0.25, 0.3) is 0 Å². The lowest BCUT2D eigenvalue weighted by molar-refractivity contribution is 0.0489. The Labute approximate surface area is 125 Å². The zero-order valence-corrected chi connectivity index (χ0v) is 13.0. The lowest BCUT2D eigenvalue weighted by Gasteiger charge is -2.27. The first-order valence-corrected chi connectivity index (χ1v) is 7.73. The summed E-state index contributed by atoms with van der Waals surface area (Å²) in [5, 5.41) is 0.743. The Morgan fingerprint density at radius 3 is 2.65 bits per heavy atom. The molecule has 0 amide bonds. The minimum Gasteiger partial charge on any atom is -0.493 e. The molecule has 2 N–H and O–H groups in total. The van der Waals surface area contributed by atoms with Gasteiger partial charge in [-0.2, -0.15) is 0 Å². The zero-order chi connectivity index (χ0) is 14.4. The highest BCUT2D eigenvalue weighted by Crippen LogP contribution is 2.44. The molecule has 0 aromatic heterocycles. The fraction of sp³-hybridized carbons (Fsp3) is 0.625. The molecule has 110 valence electrons. The fourth-order valence-electron chi connectivity index (χ4n) is 3.67. The van der Waals surface area contributed by atoms with E-state index in [2.05, 4.69) is 20.8 Å². The van der Waals surface area contributed by atoms with Crippen LogP contribution in [0.4, 0.5) is 0 Å². The van der Waals surface area contributed by atoms with E-state index in [0.717, 1.165) is 29.4 Å². The van der Waals surface area contributed by atoms with Gasteiger partial charge in [0, 0.05) is 29.0 Å². The van der Waals surface area contributed by atoms with Crippen LogP contribution < -0.4 is 10.5 Å². The molecule has 3 nitrogen and oxygen atoms in total. The molecule has 2 aliphatic heterocycles. The van der Waals surface area contributed by atoms with Crippen LogP contribution in [0, 0.1) is 11.8 Å². The fourth-order valence-corrected chi connectivity index (χ4v) is 3.91. The topological polar surface area (TPSA) is 44.5 Å². The monoisotopic (exact) mass is 295 g/mol. The average Bonchev–Trinajstić information content (AvgIpc) is 2.93. The molecule has 5 atom stereocenters. The Morgan fingerprint density at radius 2 is 2.00 bits per heavy atom. The number of fused-ring (bicyclic) bond motifs is 1. The molecule has 2 heterocycles. The smallest absolute Gasteiger partial charge is 0.127 e. The molecule has 0 radical (unpaired) electrons. The number of halogens is 1. The minimum absolute atomic E-state index is 0.101. The molecule has 0 aliphatic carbocycles. The number of hydrogen-bond acceptors (Lipinski definition) is 3. The summed E-state index contributed by atoms with van der Waals surface area (Å²) in [5.41, 5.74) is 8.78. The van der Waals surface area contributed by atoms with Gasteiger partial charge >= 0.3 is 0 Å². The molecular weight excluding hydrogens is 274 g/mol. The van der Waals surface area contributed by atoms with Crippen molar-refractivity contribution in [1.82, 2.24) is 0 Å². The highest BCUT2D eigenvalue weighted by molar-refractivity contribution is 6.30. The molecule has 0 saturated carbocycles. The van der Waals surface area contributed by atoms with E-state index in [9.17, 15) is 0 Å². The highest BCUT2D eigenvalue weighted by atomic mass is 35.5. The quantitative estimate of drug-likeness (QED) is 0.910. The van der Waals surface area contributed by atoms with E-state index in [1.54, 1.807) is 0 Å². The van der Waals surface area contributed by atoms with Crippen LogP contribution in [0.5, 0.6) is 5.75 Å². The third-order valence-electron chi connectivity index (χ3n) is 4.87. The maximum atomic E-state index is 6.57. The van der Waals surface area contributed by atoms with Gasteiger partial charge in [-0.3, -0.25) is 0 Å². The summed E-state index contributed by atoms with van der Waals surface area (Å²) in [5.74, 6) is 1.66. The van der Waals surface area contributed by atoms with Crippen LogP contribution in [-0.4, -0.2) is 18.8 Å². The normalized spacial score (nSPS) is 33.9. The molecule has 1 aromatic carbocycles. The second-order valence-electron chi connectivity index (χ2n) is 6.09. The van der Waals surface area contributed by atoms with Crippen molar-refractivity contribution in [3.8, 4) is 5.75 Å². The Morgan fingerprint density at radius 1 is 1.25 bits per heavy atom. The molecule has 20 heavy (non-hydrogen) atoms. The summed E-state index contributed by atoms with van der Waals surface area (Å²) in [4.78, 5) is 0. The van der Waals surface area contributed by atoms with Crippen LogP contribution in [-0.2, 0) is 11.2 Å². The Kier molecular flexibility index (Phi) is 3.69. The van der Waals surface area contributed by atoms with Crippen LogP contribution in [0.1, 0.15) is 37.9 Å². The van der Waals surface area contributed by atoms with E-state index in [1.807, 2.05) is 12.1 Å². The van der Waals surface area contributed by atoms with Crippen molar-refractivity contribution in [2.24, 2.45) is 17.6 Å². The second-order valence-corrected chi connectivity index (χ2v) is 6.53. The largest absolute Gasteiger partial charge is 0.493 e. The van der Waals surface area contributed by atoms with Crippen molar-refractivity contribution in [3.05, 3.63) is 28.3 Å². The van der Waals surface area contributed by atoms with Crippen LogP contribution >= 0.6 is 11.6 Å². The first-order chi connectivity index (χ1) is 9.49. The van der Waals surface area contributed by atoms with Crippen LogP contribution in [0.3, 0.4) is 0 Å². The Hall–Kier alpha value is -0.770. The summed E-state index contributed by atoms with van der Waals surface area (Å²) < 4.78 is 11.7. The van der Waals surface area contributed by atoms with Gasteiger partial charge in [-0.05, 0) is 37.5 Å². The number of hydrogen-bond donors (Lipinski definition) is 1. The van der Waals surface area contributed by atoms with E-state index in [0.29, 0.717) is 5.92 Å². The first kappa shape index (κ1) is 14.2. The van der Waals surface area contributed by atoms with Crippen molar-refractivity contribution in [2.45, 2.75) is 45.4 Å².